The lowest BCUT2D eigenvalue weighted by Gasteiger charge is -2.29. The van der Waals surface area contributed by atoms with Crippen molar-refractivity contribution in [1.82, 2.24) is 14.9 Å². The van der Waals surface area contributed by atoms with Gasteiger partial charge in [-0.15, -0.1) is 6.58 Å². The van der Waals surface area contributed by atoms with Crippen LogP contribution in [-0.4, -0.2) is 41.8 Å². The van der Waals surface area contributed by atoms with Crippen molar-refractivity contribution in [3.05, 3.63) is 65.2 Å². The molecular formula is C21H27N3O5S2. The number of rotatable bonds is 11. The van der Waals surface area contributed by atoms with Crippen molar-refractivity contribution in [3.8, 4) is 5.88 Å². The maximum atomic E-state index is 12.0. The average Bonchev–Trinajstić information content (AvgIpc) is 3.29. The van der Waals surface area contributed by atoms with Crippen LogP contribution in [0.15, 0.2) is 53.5 Å². The molecule has 0 radical (unpaired) electrons. The van der Waals surface area contributed by atoms with Crippen molar-refractivity contribution >= 4 is 28.0 Å². The third-order valence-electron chi connectivity index (χ3n) is 4.94. The minimum absolute atomic E-state index is 0.0143. The van der Waals surface area contributed by atoms with E-state index in [1.54, 1.807) is 13.0 Å². The lowest BCUT2D eigenvalue weighted by Crippen LogP contribution is -2.27. The summed E-state index contributed by atoms with van der Waals surface area (Å²) in [4.78, 5) is 2.20. The van der Waals surface area contributed by atoms with E-state index < -0.39 is 10.1 Å². The van der Waals surface area contributed by atoms with Crippen LogP contribution in [0.3, 0.4) is 0 Å². The first-order valence-corrected chi connectivity index (χ1v) is 12.1. The topological polar surface area (TPSA) is 96.9 Å². The van der Waals surface area contributed by atoms with E-state index in [4.69, 9.17) is 20.9 Å². The standard InChI is InChI=1S/C21H27N3O5S2/c1-3-13-24-20(25)19(28-21(24)30)18-12-11-17(16-9-6-5-7-10-16)23(18)14-8-15-31(26,27)29-22-4-2/h3,5-7,9-10,12,17,22,25H,1,4,8,11,13-15H2,2H3. The summed E-state index contributed by atoms with van der Waals surface area (Å²) in [5.41, 5.74) is 4.15. The molecule has 0 bridgehead atoms. The molecule has 3 rings (SSSR count). The van der Waals surface area contributed by atoms with Gasteiger partial charge in [-0.2, -0.15) is 18.2 Å². The molecule has 0 amide bonds. The highest BCUT2D eigenvalue weighted by Gasteiger charge is 2.32. The van der Waals surface area contributed by atoms with Gasteiger partial charge in [0.25, 0.3) is 15.0 Å². The normalized spacial score (nSPS) is 16.5. The van der Waals surface area contributed by atoms with Crippen molar-refractivity contribution in [2.45, 2.75) is 32.4 Å². The van der Waals surface area contributed by atoms with Crippen molar-refractivity contribution in [3.63, 3.8) is 0 Å². The molecule has 1 aromatic heterocycles. The van der Waals surface area contributed by atoms with Gasteiger partial charge in [0, 0.05) is 19.6 Å². The van der Waals surface area contributed by atoms with E-state index in [1.165, 1.54) is 4.57 Å². The second-order valence-electron chi connectivity index (χ2n) is 7.06. The third kappa shape index (κ3) is 5.45. The lowest BCUT2D eigenvalue weighted by molar-refractivity contribution is 0.209. The number of nitrogens with zero attached hydrogens (tertiary/aromatic N) is 2. The highest BCUT2D eigenvalue weighted by atomic mass is 32.2. The van der Waals surface area contributed by atoms with Crippen LogP contribution in [0.5, 0.6) is 5.88 Å². The summed E-state index contributed by atoms with van der Waals surface area (Å²) in [6.45, 7) is 6.57. The monoisotopic (exact) mass is 465 g/mol. The van der Waals surface area contributed by atoms with Gasteiger partial charge in [0.1, 0.15) is 0 Å². The van der Waals surface area contributed by atoms with Gasteiger partial charge in [0.05, 0.1) is 17.5 Å². The molecule has 0 spiro atoms. The highest BCUT2D eigenvalue weighted by molar-refractivity contribution is 7.86. The Morgan fingerprint density at radius 1 is 1.39 bits per heavy atom. The largest absolute Gasteiger partial charge is 0.492 e. The van der Waals surface area contributed by atoms with E-state index >= 15 is 0 Å². The Morgan fingerprint density at radius 3 is 2.81 bits per heavy atom. The van der Waals surface area contributed by atoms with Crippen LogP contribution in [-0.2, 0) is 20.9 Å². The maximum absolute atomic E-state index is 12.0. The lowest BCUT2D eigenvalue weighted by atomic mass is 10.0. The van der Waals surface area contributed by atoms with E-state index in [0.717, 1.165) is 5.56 Å². The number of allylic oxidation sites excluding steroid dienone is 1. The van der Waals surface area contributed by atoms with Crippen LogP contribution in [0, 0.1) is 4.84 Å². The van der Waals surface area contributed by atoms with Crippen LogP contribution in [0.1, 0.15) is 37.1 Å². The fourth-order valence-electron chi connectivity index (χ4n) is 3.58. The number of hydrogen-bond donors (Lipinski definition) is 2. The molecular weight excluding hydrogens is 438 g/mol. The summed E-state index contributed by atoms with van der Waals surface area (Å²) in [6, 6.07) is 9.91. The van der Waals surface area contributed by atoms with Crippen LogP contribution in [0.2, 0.25) is 0 Å². The molecule has 2 N–H and O–H groups in total. The summed E-state index contributed by atoms with van der Waals surface area (Å²) in [7, 11) is -3.68. The van der Waals surface area contributed by atoms with Crippen molar-refractivity contribution < 1.29 is 22.2 Å². The van der Waals surface area contributed by atoms with E-state index in [0.29, 0.717) is 38.2 Å². The molecule has 10 heteroatoms. The third-order valence-corrected chi connectivity index (χ3v) is 6.41. The van der Waals surface area contributed by atoms with Crippen LogP contribution in [0.25, 0.3) is 5.70 Å². The first-order chi connectivity index (χ1) is 14.9. The maximum Gasteiger partial charge on any atom is 0.283 e. The molecule has 1 atom stereocenters. The van der Waals surface area contributed by atoms with Crippen molar-refractivity contribution in [1.29, 1.82) is 0 Å². The molecule has 0 saturated heterocycles. The highest BCUT2D eigenvalue weighted by Crippen LogP contribution is 2.42. The molecule has 0 aliphatic carbocycles. The molecule has 1 aromatic carbocycles. The Balaban J connectivity index is 1.85. The summed E-state index contributed by atoms with van der Waals surface area (Å²) < 4.78 is 36.0. The molecule has 2 aromatic rings. The van der Waals surface area contributed by atoms with Crippen LogP contribution in [0.4, 0.5) is 0 Å². The Hall–Kier alpha value is -2.40. The predicted molar refractivity (Wildman–Crippen MR) is 121 cm³/mol. The molecule has 8 nitrogen and oxygen atoms in total. The average molecular weight is 466 g/mol. The predicted octanol–water partition coefficient (Wildman–Crippen LogP) is 3.75. The number of aromatic hydroxyl groups is 1. The molecule has 1 aliphatic heterocycles. The molecule has 0 saturated carbocycles. The van der Waals surface area contributed by atoms with E-state index in [-0.39, 0.29) is 28.3 Å². The van der Waals surface area contributed by atoms with Gasteiger partial charge in [0.15, 0.2) is 0 Å². The zero-order chi connectivity index (χ0) is 22.4. The first-order valence-electron chi connectivity index (χ1n) is 10.1. The summed E-state index contributed by atoms with van der Waals surface area (Å²) in [6.07, 6.45) is 4.63. The van der Waals surface area contributed by atoms with Gasteiger partial charge >= 0.3 is 0 Å². The van der Waals surface area contributed by atoms with Gasteiger partial charge in [0.2, 0.25) is 11.6 Å². The molecule has 168 valence electrons. The fourth-order valence-corrected chi connectivity index (χ4v) is 4.69. The SMILES string of the molecule is C=CCn1c(O)c(C2=CCC(c3ccccc3)N2CCCS(=O)(=O)ONCC)oc1=S. The summed E-state index contributed by atoms with van der Waals surface area (Å²) in [5.74, 6) is 0.0630. The first kappa shape index (κ1) is 23.3. The zero-order valence-electron chi connectivity index (χ0n) is 17.4. The minimum atomic E-state index is -3.68. The van der Waals surface area contributed by atoms with Gasteiger partial charge in [-0.25, -0.2) is 0 Å². The van der Waals surface area contributed by atoms with E-state index in [1.807, 2.05) is 41.3 Å². The van der Waals surface area contributed by atoms with Gasteiger partial charge < -0.3 is 14.4 Å². The number of aromatic nitrogens is 1. The molecule has 2 heterocycles. The number of nitrogens with one attached hydrogen (secondary N) is 1. The summed E-state index contributed by atoms with van der Waals surface area (Å²) in [5, 5.41) is 10.7. The van der Waals surface area contributed by atoms with Crippen molar-refractivity contribution in [2.24, 2.45) is 0 Å². The van der Waals surface area contributed by atoms with Crippen LogP contribution < -0.4 is 5.48 Å². The quantitative estimate of drug-likeness (QED) is 0.294. The van der Waals surface area contributed by atoms with E-state index in [9.17, 15) is 13.5 Å². The number of oxazole rings is 1. The van der Waals surface area contributed by atoms with Crippen LogP contribution >= 0.6 is 12.2 Å². The Morgan fingerprint density at radius 2 is 2.13 bits per heavy atom. The number of benzene rings is 1. The second kappa shape index (κ2) is 10.3. The second-order valence-corrected chi connectivity index (χ2v) is 9.10. The smallest absolute Gasteiger partial charge is 0.283 e. The molecule has 31 heavy (non-hydrogen) atoms. The Labute approximate surface area is 187 Å². The summed E-state index contributed by atoms with van der Waals surface area (Å²) >= 11 is 5.24. The van der Waals surface area contributed by atoms with Crippen molar-refractivity contribution in [2.75, 3.05) is 18.8 Å². The Kier molecular flexibility index (Phi) is 7.71. The fraction of sp³-hybridized carbons (Fsp3) is 0.381. The number of hydrogen-bond acceptors (Lipinski definition) is 8. The Bertz CT molecular complexity index is 1090. The molecule has 1 unspecified atom stereocenters. The molecule has 1 aliphatic rings. The van der Waals surface area contributed by atoms with E-state index in [2.05, 4.69) is 12.1 Å². The number of hydroxylamine groups is 1. The zero-order valence-corrected chi connectivity index (χ0v) is 19.0. The van der Waals surface area contributed by atoms with Gasteiger partial charge in [-0.1, -0.05) is 49.4 Å². The minimum Gasteiger partial charge on any atom is -0.492 e. The van der Waals surface area contributed by atoms with Gasteiger partial charge in [-0.3, -0.25) is 4.57 Å². The van der Waals surface area contributed by atoms with Gasteiger partial charge in [-0.05, 0) is 30.6 Å². The molecule has 0 fully saturated rings.